The number of carboxylic acids is 1. The molecule has 0 bridgehead atoms. The first-order chi connectivity index (χ1) is 7.49. The van der Waals surface area contributed by atoms with Crippen molar-refractivity contribution >= 4 is 17.0 Å². The molecule has 0 fully saturated rings. The number of aromatic carboxylic acids is 1. The highest BCUT2D eigenvalue weighted by Gasteiger charge is 2.15. The van der Waals surface area contributed by atoms with Crippen molar-refractivity contribution in [2.75, 3.05) is 0 Å². The van der Waals surface area contributed by atoms with Crippen molar-refractivity contribution in [3.63, 3.8) is 0 Å². The van der Waals surface area contributed by atoms with Gasteiger partial charge in [-0.15, -0.1) is 0 Å². The third-order valence-corrected chi connectivity index (χ3v) is 2.22. The van der Waals surface area contributed by atoms with Gasteiger partial charge >= 0.3 is 5.97 Å². The van der Waals surface area contributed by atoms with E-state index >= 15 is 0 Å². The maximum atomic E-state index is 13.3. The number of benzene rings is 1. The number of aliphatic hydroxyl groups is 1. The van der Waals surface area contributed by atoms with Crippen molar-refractivity contribution in [3.05, 3.63) is 29.3 Å². The first-order valence-electron chi connectivity index (χ1n) is 4.59. The molecule has 0 aliphatic carbocycles. The number of hydrogen-bond donors (Lipinski definition) is 3. The van der Waals surface area contributed by atoms with E-state index in [9.17, 15) is 14.3 Å². The van der Waals surface area contributed by atoms with Gasteiger partial charge in [0.2, 0.25) is 0 Å². The summed E-state index contributed by atoms with van der Waals surface area (Å²) >= 11 is 0. The Morgan fingerprint density at radius 3 is 2.81 bits per heavy atom. The Hall–Kier alpha value is -1.95. The topological polar surface area (TPSA) is 86.2 Å². The maximum absolute atomic E-state index is 13.3. The van der Waals surface area contributed by atoms with Crippen molar-refractivity contribution in [1.82, 2.24) is 9.97 Å². The molecule has 1 atom stereocenters. The van der Waals surface area contributed by atoms with Gasteiger partial charge in [0.25, 0.3) is 0 Å². The van der Waals surface area contributed by atoms with Crippen LogP contribution in [0.5, 0.6) is 0 Å². The fourth-order valence-electron chi connectivity index (χ4n) is 1.41. The minimum Gasteiger partial charge on any atom is -0.478 e. The lowest BCUT2D eigenvalue weighted by Gasteiger charge is -1.96. The first kappa shape index (κ1) is 10.6. The van der Waals surface area contributed by atoms with Crippen molar-refractivity contribution in [1.29, 1.82) is 0 Å². The lowest BCUT2D eigenvalue weighted by molar-refractivity contribution is 0.0692. The van der Waals surface area contributed by atoms with E-state index in [1.165, 1.54) is 6.92 Å². The number of nitrogens with zero attached hydrogens (tertiary/aromatic N) is 1. The quantitative estimate of drug-likeness (QED) is 0.720. The van der Waals surface area contributed by atoms with Gasteiger partial charge in [0.05, 0.1) is 16.6 Å². The fourth-order valence-corrected chi connectivity index (χ4v) is 1.41. The van der Waals surface area contributed by atoms with Crippen LogP contribution in [0.25, 0.3) is 11.0 Å². The molecule has 0 spiro atoms. The molecular formula is C10H9FN2O3. The van der Waals surface area contributed by atoms with Gasteiger partial charge in [0, 0.05) is 6.07 Å². The molecule has 1 heterocycles. The predicted molar refractivity (Wildman–Crippen MR) is 53.6 cm³/mol. The molecule has 1 aromatic carbocycles. The van der Waals surface area contributed by atoms with Crippen LogP contribution in [0.3, 0.4) is 0 Å². The summed E-state index contributed by atoms with van der Waals surface area (Å²) in [5.41, 5.74) is 0.240. The Morgan fingerprint density at radius 1 is 1.56 bits per heavy atom. The summed E-state index contributed by atoms with van der Waals surface area (Å²) in [6.45, 7) is 1.51. The number of halogens is 1. The Balaban J connectivity index is 2.65. The van der Waals surface area contributed by atoms with Crippen LogP contribution in [0.15, 0.2) is 12.1 Å². The number of imidazole rings is 1. The molecule has 0 saturated carbocycles. The highest BCUT2D eigenvalue weighted by molar-refractivity contribution is 5.92. The molecular weight excluding hydrogens is 215 g/mol. The number of aliphatic hydroxyl groups excluding tert-OH is 1. The van der Waals surface area contributed by atoms with Crippen LogP contribution in [0.2, 0.25) is 0 Å². The van der Waals surface area contributed by atoms with Crippen LogP contribution in [-0.2, 0) is 0 Å². The summed E-state index contributed by atoms with van der Waals surface area (Å²) in [6, 6.07) is 2.19. The molecule has 0 amide bonds. The van der Waals surface area contributed by atoms with Gasteiger partial charge < -0.3 is 15.2 Å². The average Bonchev–Trinajstić information content (AvgIpc) is 2.58. The predicted octanol–water partition coefficient (Wildman–Crippen LogP) is 1.45. The number of rotatable bonds is 2. The number of fused-ring (bicyclic) bond motifs is 1. The third-order valence-electron chi connectivity index (χ3n) is 2.22. The summed E-state index contributed by atoms with van der Waals surface area (Å²) in [5.74, 6) is -1.90. The van der Waals surface area contributed by atoms with E-state index in [-0.39, 0.29) is 5.82 Å². The molecule has 84 valence electrons. The molecule has 3 N–H and O–H groups in total. The van der Waals surface area contributed by atoms with E-state index in [0.29, 0.717) is 11.0 Å². The zero-order valence-electron chi connectivity index (χ0n) is 8.36. The van der Waals surface area contributed by atoms with Gasteiger partial charge in [-0.25, -0.2) is 14.2 Å². The molecule has 0 radical (unpaired) electrons. The third kappa shape index (κ3) is 1.63. The Morgan fingerprint density at radius 2 is 2.25 bits per heavy atom. The van der Waals surface area contributed by atoms with Crippen LogP contribution in [-0.4, -0.2) is 26.2 Å². The van der Waals surface area contributed by atoms with E-state index in [1.807, 2.05) is 0 Å². The van der Waals surface area contributed by atoms with Crippen molar-refractivity contribution in [2.45, 2.75) is 13.0 Å². The lowest BCUT2D eigenvalue weighted by atomic mass is 10.2. The summed E-state index contributed by atoms with van der Waals surface area (Å²) in [7, 11) is 0. The van der Waals surface area contributed by atoms with Gasteiger partial charge in [-0.2, -0.15) is 0 Å². The number of hydrogen-bond acceptors (Lipinski definition) is 3. The summed E-state index contributed by atoms with van der Waals surface area (Å²) in [4.78, 5) is 17.3. The number of aromatic amines is 1. The van der Waals surface area contributed by atoms with Crippen molar-refractivity contribution < 1.29 is 19.4 Å². The van der Waals surface area contributed by atoms with E-state index in [0.717, 1.165) is 12.1 Å². The van der Waals surface area contributed by atoms with Gasteiger partial charge in [0.15, 0.2) is 0 Å². The maximum Gasteiger partial charge on any atom is 0.338 e. The number of H-pyrrole nitrogens is 1. The fraction of sp³-hybridized carbons (Fsp3) is 0.200. The van der Waals surface area contributed by atoms with E-state index in [4.69, 9.17) is 5.11 Å². The molecule has 0 unspecified atom stereocenters. The van der Waals surface area contributed by atoms with Crippen molar-refractivity contribution in [3.8, 4) is 0 Å². The molecule has 1 aromatic heterocycles. The zero-order chi connectivity index (χ0) is 11.9. The van der Waals surface area contributed by atoms with Gasteiger partial charge in [0.1, 0.15) is 17.7 Å². The molecule has 0 aliphatic heterocycles. The second-order valence-corrected chi connectivity index (χ2v) is 3.45. The zero-order valence-corrected chi connectivity index (χ0v) is 8.36. The van der Waals surface area contributed by atoms with Crippen LogP contribution in [0, 0.1) is 5.82 Å². The molecule has 0 saturated heterocycles. The van der Waals surface area contributed by atoms with Gasteiger partial charge in [-0.1, -0.05) is 0 Å². The Kier molecular flexibility index (Phi) is 2.35. The molecule has 6 heteroatoms. The normalized spacial score (nSPS) is 12.9. The molecule has 2 rings (SSSR count). The van der Waals surface area contributed by atoms with Crippen LogP contribution >= 0.6 is 0 Å². The molecule has 2 aromatic rings. The standard InChI is InChI=1S/C10H9FN2O3/c1-4(14)9-12-7-2-5(10(15)16)6(11)3-8(7)13-9/h2-4,14H,1H3,(H,12,13)(H,15,16)/t4-/m0/s1. The number of carboxylic acid groups (broad SMARTS) is 1. The van der Waals surface area contributed by atoms with Gasteiger partial charge in [-0.05, 0) is 13.0 Å². The number of carbonyl (C=O) groups is 1. The molecule has 0 aliphatic rings. The molecule has 16 heavy (non-hydrogen) atoms. The summed E-state index contributed by atoms with van der Waals surface area (Å²) in [5, 5.41) is 18.0. The first-order valence-corrected chi connectivity index (χ1v) is 4.59. The van der Waals surface area contributed by atoms with Crippen LogP contribution in [0.1, 0.15) is 29.2 Å². The monoisotopic (exact) mass is 224 g/mol. The van der Waals surface area contributed by atoms with E-state index < -0.39 is 23.5 Å². The summed E-state index contributed by atoms with van der Waals surface area (Å²) in [6.07, 6.45) is -0.816. The highest BCUT2D eigenvalue weighted by atomic mass is 19.1. The Bertz CT molecular complexity index is 562. The van der Waals surface area contributed by atoms with Crippen LogP contribution < -0.4 is 0 Å². The molecule has 5 nitrogen and oxygen atoms in total. The SMILES string of the molecule is C[C@H](O)c1nc2cc(C(=O)O)c(F)cc2[nH]1. The van der Waals surface area contributed by atoms with E-state index in [1.54, 1.807) is 0 Å². The van der Waals surface area contributed by atoms with E-state index in [2.05, 4.69) is 9.97 Å². The summed E-state index contributed by atoms with van der Waals surface area (Å²) < 4.78 is 13.3. The second-order valence-electron chi connectivity index (χ2n) is 3.45. The van der Waals surface area contributed by atoms with Crippen LogP contribution in [0.4, 0.5) is 4.39 Å². The minimum absolute atomic E-state index is 0.275. The lowest BCUT2D eigenvalue weighted by Crippen LogP contribution is -1.99. The smallest absolute Gasteiger partial charge is 0.338 e. The second kappa shape index (κ2) is 3.57. The highest BCUT2D eigenvalue weighted by Crippen LogP contribution is 2.19. The number of aromatic nitrogens is 2. The van der Waals surface area contributed by atoms with Gasteiger partial charge in [-0.3, -0.25) is 0 Å². The minimum atomic E-state index is -1.35. The Labute approximate surface area is 89.6 Å². The number of nitrogens with one attached hydrogen (secondary N) is 1. The average molecular weight is 224 g/mol. The largest absolute Gasteiger partial charge is 0.478 e. The van der Waals surface area contributed by atoms with Crippen molar-refractivity contribution in [2.24, 2.45) is 0 Å².